The molecule has 7 nitrogen and oxygen atoms in total. The number of amides is 1. The van der Waals surface area contributed by atoms with Crippen LogP contribution in [0.5, 0.6) is 0 Å². The third kappa shape index (κ3) is 5.76. The van der Waals surface area contributed by atoms with Gasteiger partial charge in [-0.2, -0.15) is 4.31 Å². The second-order valence-corrected chi connectivity index (χ2v) is 9.18. The van der Waals surface area contributed by atoms with Crippen molar-refractivity contribution in [1.82, 2.24) is 9.62 Å². The quantitative estimate of drug-likeness (QED) is 0.643. The number of sulfonamides is 1. The summed E-state index contributed by atoms with van der Waals surface area (Å²) in [6.45, 7) is 5.38. The number of rotatable bonds is 8. The van der Waals surface area contributed by atoms with Crippen LogP contribution in [0.4, 0.5) is 4.39 Å². The van der Waals surface area contributed by atoms with Crippen LogP contribution in [0.3, 0.4) is 0 Å². The van der Waals surface area contributed by atoms with Crippen molar-refractivity contribution >= 4 is 21.9 Å². The number of hydrogen-bond acceptors (Lipinski definition) is 5. The van der Waals surface area contributed by atoms with Gasteiger partial charge in [0.1, 0.15) is 5.82 Å². The molecule has 1 amide bonds. The summed E-state index contributed by atoms with van der Waals surface area (Å²) < 4.78 is 45.4. The smallest absolute Gasteiger partial charge is 0.341 e. The van der Waals surface area contributed by atoms with Crippen LogP contribution in [0.25, 0.3) is 0 Å². The lowest BCUT2D eigenvalue weighted by Crippen LogP contribution is -2.42. The van der Waals surface area contributed by atoms with Gasteiger partial charge in [-0.3, -0.25) is 4.79 Å². The molecule has 9 heteroatoms. The van der Waals surface area contributed by atoms with Crippen LogP contribution < -0.4 is 5.32 Å². The van der Waals surface area contributed by atoms with E-state index in [2.05, 4.69) is 12.2 Å². The van der Waals surface area contributed by atoms with Crippen molar-refractivity contribution in [2.24, 2.45) is 5.92 Å². The van der Waals surface area contributed by atoms with Crippen LogP contribution in [0.15, 0.2) is 23.1 Å². The maximum absolute atomic E-state index is 14.1. The normalized spacial score (nSPS) is 19.8. The Morgan fingerprint density at radius 2 is 1.86 bits per heavy atom. The zero-order valence-electron chi connectivity index (χ0n) is 17.1. The number of carbonyl (C=O) groups is 2. The third-order valence-electron chi connectivity index (χ3n) is 5.29. The molecule has 1 aromatic carbocycles. The minimum atomic E-state index is -3.85. The number of ether oxygens (including phenoxy) is 1. The fourth-order valence-electron chi connectivity index (χ4n) is 3.52. The van der Waals surface area contributed by atoms with Gasteiger partial charge in [-0.25, -0.2) is 17.6 Å². The Kier molecular flexibility index (Phi) is 8.15. The van der Waals surface area contributed by atoms with E-state index in [4.69, 9.17) is 4.74 Å². The molecule has 2 atom stereocenters. The van der Waals surface area contributed by atoms with E-state index in [1.165, 1.54) is 4.31 Å². The lowest BCUT2D eigenvalue weighted by atomic mass is 9.86. The summed E-state index contributed by atoms with van der Waals surface area (Å²) in [6, 6.07) is 3.01. The van der Waals surface area contributed by atoms with E-state index in [9.17, 15) is 22.4 Å². The molecule has 1 fully saturated rings. The highest BCUT2D eigenvalue weighted by atomic mass is 32.2. The van der Waals surface area contributed by atoms with Gasteiger partial charge in [0.2, 0.25) is 10.0 Å². The van der Waals surface area contributed by atoms with Gasteiger partial charge in [0.15, 0.2) is 6.61 Å². The number of esters is 1. The standard InChI is InChI=1S/C20H29FN2O5S/c1-4-23(5-2)29(26,27)15-10-11-17(21)16(12-15)20(25)28-13-19(24)22-18-9-7-6-8-14(18)3/h10-12,14,18H,4-9,13H2,1-3H3,(H,22,24)/t14-,18+/m0/s1. The first kappa shape index (κ1) is 23.3. The molecule has 162 valence electrons. The molecule has 0 bridgehead atoms. The van der Waals surface area contributed by atoms with Gasteiger partial charge in [-0.1, -0.05) is 33.6 Å². The molecule has 0 radical (unpaired) electrons. The van der Waals surface area contributed by atoms with Crippen molar-refractivity contribution < 1.29 is 27.1 Å². The van der Waals surface area contributed by atoms with Crippen molar-refractivity contribution in [2.45, 2.75) is 57.4 Å². The molecule has 0 spiro atoms. The molecule has 0 aromatic heterocycles. The van der Waals surface area contributed by atoms with Crippen LogP contribution in [-0.2, 0) is 19.6 Å². The van der Waals surface area contributed by atoms with E-state index in [-0.39, 0.29) is 24.0 Å². The predicted octanol–water partition coefficient (Wildman–Crippen LogP) is 2.71. The van der Waals surface area contributed by atoms with E-state index in [1.807, 2.05) is 0 Å². The largest absolute Gasteiger partial charge is 0.452 e. The first-order chi connectivity index (χ1) is 13.7. The summed E-state index contributed by atoms with van der Waals surface area (Å²) in [7, 11) is -3.85. The Morgan fingerprint density at radius 3 is 2.48 bits per heavy atom. The number of carbonyl (C=O) groups excluding carboxylic acids is 2. The Morgan fingerprint density at radius 1 is 1.21 bits per heavy atom. The molecule has 2 rings (SSSR count). The van der Waals surface area contributed by atoms with Gasteiger partial charge in [-0.15, -0.1) is 0 Å². The van der Waals surface area contributed by atoms with Gasteiger partial charge < -0.3 is 10.1 Å². The van der Waals surface area contributed by atoms with Gasteiger partial charge in [0, 0.05) is 19.1 Å². The summed E-state index contributed by atoms with van der Waals surface area (Å²) >= 11 is 0. The van der Waals surface area contributed by atoms with E-state index >= 15 is 0 Å². The summed E-state index contributed by atoms with van der Waals surface area (Å²) in [5.41, 5.74) is -0.517. The highest BCUT2D eigenvalue weighted by Crippen LogP contribution is 2.24. The molecular formula is C20H29FN2O5S. The summed E-state index contributed by atoms with van der Waals surface area (Å²) in [4.78, 5) is 24.2. The van der Waals surface area contributed by atoms with Crippen molar-refractivity contribution in [2.75, 3.05) is 19.7 Å². The average molecular weight is 429 g/mol. The predicted molar refractivity (Wildman–Crippen MR) is 106 cm³/mol. The Bertz CT molecular complexity index is 839. The van der Waals surface area contributed by atoms with Crippen LogP contribution in [0.2, 0.25) is 0 Å². The molecular weight excluding hydrogens is 399 g/mol. The monoisotopic (exact) mass is 428 g/mol. The highest BCUT2D eigenvalue weighted by molar-refractivity contribution is 7.89. The van der Waals surface area contributed by atoms with E-state index in [0.717, 1.165) is 43.9 Å². The molecule has 1 saturated carbocycles. The molecule has 0 heterocycles. The second-order valence-electron chi connectivity index (χ2n) is 7.24. The molecule has 29 heavy (non-hydrogen) atoms. The average Bonchev–Trinajstić information content (AvgIpc) is 2.69. The van der Waals surface area contributed by atoms with Gasteiger partial charge in [0.25, 0.3) is 5.91 Å². The van der Waals surface area contributed by atoms with Crippen molar-refractivity contribution in [3.63, 3.8) is 0 Å². The zero-order chi connectivity index (χ0) is 21.6. The Balaban J connectivity index is 2.06. The summed E-state index contributed by atoms with van der Waals surface area (Å²) in [5, 5.41) is 2.84. The fourth-order valence-corrected chi connectivity index (χ4v) is 5.01. The number of benzene rings is 1. The van der Waals surface area contributed by atoms with Gasteiger partial charge in [-0.05, 0) is 37.0 Å². The van der Waals surface area contributed by atoms with Crippen molar-refractivity contribution in [1.29, 1.82) is 0 Å². The molecule has 1 aliphatic rings. The highest BCUT2D eigenvalue weighted by Gasteiger charge is 2.26. The van der Waals surface area contributed by atoms with E-state index in [0.29, 0.717) is 5.92 Å². The maximum Gasteiger partial charge on any atom is 0.341 e. The molecule has 0 unspecified atom stereocenters. The summed E-state index contributed by atoms with van der Waals surface area (Å²) in [6.07, 6.45) is 4.08. The van der Waals surface area contributed by atoms with E-state index in [1.54, 1.807) is 13.8 Å². The second kappa shape index (κ2) is 10.2. The van der Waals surface area contributed by atoms with Crippen LogP contribution in [0, 0.1) is 11.7 Å². The topological polar surface area (TPSA) is 92.8 Å². The third-order valence-corrected chi connectivity index (χ3v) is 7.34. The number of halogens is 1. The van der Waals surface area contributed by atoms with Crippen LogP contribution >= 0.6 is 0 Å². The van der Waals surface area contributed by atoms with Crippen LogP contribution in [-0.4, -0.2) is 50.3 Å². The molecule has 1 aromatic rings. The summed E-state index contributed by atoms with van der Waals surface area (Å²) in [5.74, 6) is -2.09. The van der Waals surface area contributed by atoms with Gasteiger partial charge >= 0.3 is 5.97 Å². The van der Waals surface area contributed by atoms with Crippen molar-refractivity contribution in [3.8, 4) is 0 Å². The number of nitrogens with one attached hydrogen (secondary N) is 1. The first-order valence-electron chi connectivity index (χ1n) is 9.96. The molecule has 1 aliphatic carbocycles. The molecule has 0 aliphatic heterocycles. The fraction of sp³-hybridized carbons (Fsp3) is 0.600. The van der Waals surface area contributed by atoms with Crippen molar-refractivity contribution in [3.05, 3.63) is 29.6 Å². The Hall–Kier alpha value is -2.00. The Labute approximate surface area is 171 Å². The minimum absolute atomic E-state index is 0.0363. The minimum Gasteiger partial charge on any atom is -0.452 e. The van der Waals surface area contributed by atoms with Crippen LogP contribution in [0.1, 0.15) is 56.8 Å². The number of hydrogen-bond donors (Lipinski definition) is 1. The maximum atomic E-state index is 14.1. The van der Waals surface area contributed by atoms with E-state index < -0.39 is 39.9 Å². The van der Waals surface area contributed by atoms with Gasteiger partial charge in [0.05, 0.1) is 10.5 Å². The molecule has 1 N–H and O–H groups in total. The number of nitrogens with zero attached hydrogens (tertiary/aromatic N) is 1. The first-order valence-corrected chi connectivity index (χ1v) is 11.4. The molecule has 0 saturated heterocycles. The lowest BCUT2D eigenvalue weighted by Gasteiger charge is -2.29. The zero-order valence-corrected chi connectivity index (χ0v) is 17.9. The lowest BCUT2D eigenvalue weighted by molar-refractivity contribution is -0.125. The SMILES string of the molecule is CCN(CC)S(=O)(=O)c1ccc(F)c(C(=O)OCC(=O)N[C@@H]2CCCC[C@@H]2C)c1.